The Morgan fingerprint density at radius 1 is 1.02 bits per heavy atom. The van der Waals surface area contributed by atoms with Crippen LogP contribution in [-0.4, -0.2) is 96.8 Å². The fraction of sp³-hybridized carbons (Fsp3) is 0.469. The number of pyridine rings is 2. The fourth-order valence-corrected chi connectivity index (χ4v) is 7.44. The Hall–Kier alpha value is -4.21. The Morgan fingerprint density at radius 2 is 1.81 bits per heavy atom. The van der Waals surface area contributed by atoms with E-state index in [1.165, 1.54) is 12.4 Å². The van der Waals surface area contributed by atoms with E-state index < -0.39 is 21.8 Å². The Balaban J connectivity index is 1.11. The second-order valence-corrected chi connectivity index (χ2v) is 15.1. The van der Waals surface area contributed by atoms with Gasteiger partial charge >= 0.3 is 0 Å². The van der Waals surface area contributed by atoms with Crippen LogP contribution in [0.4, 0.5) is 27.4 Å². The second kappa shape index (κ2) is 12.8. The van der Waals surface area contributed by atoms with E-state index >= 15 is 0 Å². The number of hydrogen-bond donors (Lipinski definition) is 4. The van der Waals surface area contributed by atoms with Crippen molar-refractivity contribution < 1.29 is 17.9 Å². The number of nitrogens with zero attached hydrogens (tertiary/aromatic N) is 7. The summed E-state index contributed by atoms with van der Waals surface area (Å²) >= 11 is 0. The van der Waals surface area contributed by atoms with Crippen molar-refractivity contribution in [3.63, 3.8) is 0 Å². The van der Waals surface area contributed by atoms with Crippen molar-refractivity contribution in [1.29, 1.82) is 0 Å². The first-order chi connectivity index (χ1) is 22.6. The van der Waals surface area contributed by atoms with Crippen LogP contribution in [0.2, 0.25) is 0 Å². The second-order valence-electron chi connectivity index (χ2n) is 13.0. The van der Waals surface area contributed by atoms with Gasteiger partial charge in [-0.05, 0) is 63.6 Å². The molecule has 5 heterocycles. The van der Waals surface area contributed by atoms with Crippen LogP contribution in [0.25, 0.3) is 22.6 Å². The van der Waals surface area contributed by atoms with Gasteiger partial charge < -0.3 is 21.1 Å². The molecule has 15 heteroatoms. The summed E-state index contributed by atoms with van der Waals surface area (Å²) in [5.41, 5.74) is 3.16. The first-order valence-corrected chi connectivity index (χ1v) is 17.6. The van der Waals surface area contributed by atoms with E-state index in [1.807, 2.05) is 25.1 Å². The normalized spacial score (nSPS) is 22.1. The molecule has 3 aliphatic rings. The van der Waals surface area contributed by atoms with E-state index in [2.05, 4.69) is 45.9 Å². The Labute approximate surface area is 273 Å². The highest BCUT2D eigenvalue weighted by Gasteiger charge is 2.38. The van der Waals surface area contributed by atoms with Crippen LogP contribution in [0.3, 0.4) is 0 Å². The number of likely N-dealkylation sites (tertiary alicyclic amines) is 1. The molecule has 1 aliphatic heterocycles. The third-order valence-corrected chi connectivity index (χ3v) is 11.0. The number of nitrogens with one attached hydrogen (secondary N) is 3. The minimum atomic E-state index is -3.49. The molecule has 0 bridgehead atoms. The predicted octanol–water partition coefficient (Wildman–Crippen LogP) is 4.05. The van der Waals surface area contributed by atoms with Gasteiger partial charge in [0, 0.05) is 73.8 Å². The van der Waals surface area contributed by atoms with Crippen molar-refractivity contribution in [3.8, 4) is 22.6 Å². The fourth-order valence-electron chi connectivity index (χ4n) is 5.96. The van der Waals surface area contributed by atoms with E-state index in [1.54, 1.807) is 24.7 Å². The van der Waals surface area contributed by atoms with Crippen LogP contribution in [0.15, 0.2) is 55.2 Å². The summed E-state index contributed by atoms with van der Waals surface area (Å²) in [5.74, 6) is 1.37. The Kier molecular flexibility index (Phi) is 8.53. The molecule has 7 rings (SSSR count). The summed E-state index contributed by atoms with van der Waals surface area (Å²) in [4.78, 5) is 20.3. The van der Waals surface area contributed by atoms with E-state index in [0.717, 1.165) is 46.1 Å². The summed E-state index contributed by atoms with van der Waals surface area (Å²) in [7, 11) is -3.49. The molecular formula is C32H39FN10O3S. The molecule has 2 aliphatic carbocycles. The molecule has 4 aromatic heterocycles. The zero-order chi connectivity index (χ0) is 32.6. The van der Waals surface area contributed by atoms with Gasteiger partial charge in [-0.25, -0.2) is 27.8 Å². The number of halogens is 1. The molecule has 4 N–H and O–H groups in total. The van der Waals surface area contributed by atoms with Crippen molar-refractivity contribution in [2.24, 2.45) is 0 Å². The van der Waals surface area contributed by atoms with Crippen LogP contribution in [-0.2, 0) is 10.0 Å². The average Bonchev–Trinajstić information content (AvgIpc) is 3.78. The van der Waals surface area contributed by atoms with Gasteiger partial charge in [0.05, 0.1) is 34.5 Å². The van der Waals surface area contributed by atoms with Gasteiger partial charge in [0.15, 0.2) is 5.82 Å². The molecule has 0 radical (unpaired) electrons. The maximum Gasteiger partial charge on any atom is 0.256 e. The summed E-state index contributed by atoms with van der Waals surface area (Å²) in [6, 6.07) is 7.69. The molecule has 0 atom stereocenters. The molecule has 4 aromatic rings. The van der Waals surface area contributed by atoms with Gasteiger partial charge in [0.1, 0.15) is 17.8 Å². The monoisotopic (exact) mass is 662 g/mol. The first kappa shape index (κ1) is 31.4. The van der Waals surface area contributed by atoms with E-state index in [9.17, 15) is 17.9 Å². The number of alkyl halides is 1. The quantitative estimate of drug-likeness (QED) is 0.172. The zero-order valence-electron chi connectivity index (χ0n) is 26.2. The molecule has 0 unspecified atom stereocenters. The minimum absolute atomic E-state index is 0.162. The third-order valence-electron chi connectivity index (χ3n) is 8.97. The third kappa shape index (κ3) is 7.36. The largest absolute Gasteiger partial charge is 0.390 e. The van der Waals surface area contributed by atoms with Gasteiger partial charge in [0.2, 0.25) is 0 Å². The van der Waals surface area contributed by atoms with Gasteiger partial charge in [-0.2, -0.15) is 9.19 Å². The van der Waals surface area contributed by atoms with Crippen LogP contribution >= 0.6 is 0 Å². The topological polar surface area (TPSA) is 163 Å². The molecule has 2 saturated carbocycles. The van der Waals surface area contributed by atoms with Gasteiger partial charge in [-0.15, -0.1) is 0 Å². The lowest BCUT2D eigenvalue weighted by atomic mass is 9.83. The lowest BCUT2D eigenvalue weighted by molar-refractivity contribution is 0.0196. The van der Waals surface area contributed by atoms with Crippen molar-refractivity contribution in [2.45, 2.75) is 68.5 Å². The van der Waals surface area contributed by atoms with Crippen molar-refractivity contribution in [2.75, 3.05) is 42.1 Å². The highest BCUT2D eigenvalue weighted by Crippen LogP contribution is 2.35. The van der Waals surface area contributed by atoms with Gasteiger partial charge in [-0.3, -0.25) is 9.88 Å². The highest BCUT2D eigenvalue weighted by molar-refractivity contribution is 7.90. The maximum atomic E-state index is 13.2. The SMILES string of the molecule is CC1(O)CCC(Nc2cc(Nc3ccnc(-c4cnn(S(=O)(=O)C5CC5)c4)n3)ncc2-c2cc(NCCN3CC(F)C3)ccn2)CC1. The van der Waals surface area contributed by atoms with E-state index in [4.69, 9.17) is 0 Å². The lowest BCUT2D eigenvalue weighted by Crippen LogP contribution is -2.49. The summed E-state index contributed by atoms with van der Waals surface area (Å²) in [5, 5.41) is 24.6. The van der Waals surface area contributed by atoms with Gasteiger partial charge in [-0.1, -0.05) is 0 Å². The molecule has 0 aromatic carbocycles. The predicted molar refractivity (Wildman–Crippen MR) is 178 cm³/mol. The number of aliphatic hydroxyl groups is 1. The molecule has 1 saturated heterocycles. The van der Waals surface area contributed by atoms with E-state index in [-0.39, 0.29) is 11.3 Å². The lowest BCUT2D eigenvalue weighted by Gasteiger charge is -2.34. The molecule has 47 heavy (non-hydrogen) atoms. The Bertz CT molecular complexity index is 1830. The maximum absolute atomic E-state index is 13.2. The average molecular weight is 663 g/mol. The number of anilines is 4. The van der Waals surface area contributed by atoms with Gasteiger partial charge in [0.25, 0.3) is 10.0 Å². The van der Waals surface area contributed by atoms with Crippen LogP contribution in [0.5, 0.6) is 0 Å². The Morgan fingerprint density at radius 3 is 2.57 bits per heavy atom. The molecule has 248 valence electrons. The van der Waals surface area contributed by atoms with Crippen molar-refractivity contribution >= 4 is 33.0 Å². The van der Waals surface area contributed by atoms with E-state index in [0.29, 0.717) is 68.3 Å². The van der Waals surface area contributed by atoms with Crippen LogP contribution in [0, 0.1) is 0 Å². The zero-order valence-corrected chi connectivity index (χ0v) is 27.0. The molecule has 0 amide bonds. The van der Waals surface area contributed by atoms with Crippen LogP contribution in [0.1, 0.15) is 45.4 Å². The number of aromatic nitrogens is 6. The van der Waals surface area contributed by atoms with Crippen molar-refractivity contribution in [3.05, 3.63) is 55.2 Å². The van der Waals surface area contributed by atoms with Crippen molar-refractivity contribution in [1.82, 2.24) is 34.0 Å². The minimum Gasteiger partial charge on any atom is -0.390 e. The summed E-state index contributed by atoms with van der Waals surface area (Å²) in [6.07, 6.45) is 11.7. The molecule has 13 nitrogen and oxygen atoms in total. The smallest absolute Gasteiger partial charge is 0.256 e. The molecule has 3 fully saturated rings. The highest BCUT2D eigenvalue weighted by atomic mass is 32.2. The molecule has 0 spiro atoms. The number of hydrogen-bond acceptors (Lipinski definition) is 12. The summed E-state index contributed by atoms with van der Waals surface area (Å²) < 4.78 is 39.4. The number of rotatable bonds is 12. The first-order valence-electron chi connectivity index (χ1n) is 16.1. The summed E-state index contributed by atoms with van der Waals surface area (Å²) in [6.45, 7) is 4.34. The standard InChI is InChI=1S/C32H39FN10O3S/c1-32(44)8-4-23(5-9-32)39-28-15-30(37-17-26(28)27-14-24(6-10-35-27)34-12-13-42-19-22(33)20-42)40-29-7-11-36-31(41-29)21-16-38-43(18-21)47(45,46)25-2-3-25/h6-7,10-11,14-18,22-23,25,44H,2-5,8-9,12-13,19-20H2,1H3,(H,34,35)(H2,36,37,39,40,41). The molecular weight excluding hydrogens is 623 g/mol. The van der Waals surface area contributed by atoms with Crippen LogP contribution < -0.4 is 16.0 Å².